The molecule has 140 valence electrons. The highest BCUT2D eigenvalue weighted by atomic mass is 35.5. The third-order valence-corrected chi connectivity index (χ3v) is 4.62. The number of halogens is 2. The monoisotopic (exact) mass is 413 g/mol. The number of hydrogen-bond donors (Lipinski definition) is 1. The molecule has 0 saturated heterocycles. The predicted octanol–water partition coefficient (Wildman–Crippen LogP) is 5.86. The molecule has 6 nitrogen and oxygen atoms in total. The standard InChI is InChI=1S/C20H13Cl2N3O3/c1-11-4-5-12(21)9-14(11)18(26)23-13-6-7-16(22)15(10-13)19-24-25-20(28-19)17-3-2-8-27-17/h2-10H,1H3,(H,23,26). The molecule has 4 aromatic rings. The van der Waals surface area contributed by atoms with Gasteiger partial charge in [-0.2, -0.15) is 0 Å². The molecule has 1 amide bonds. The van der Waals surface area contributed by atoms with Crippen LogP contribution in [0.25, 0.3) is 23.1 Å². The van der Waals surface area contributed by atoms with Crippen molar-refractivity contribution in [3.8, 4) is 23.1 Å². The summed E-state index contributed by atoms with van der Waals surface area (Å²) in [4.78, 5) is 12.6. The summed E-state index contributed by atoms with van der Waals surface area (Å²) < 4.78 is 10.9. The zero-order chi connectivity index (χ0) is 19.7. The van der Waals surface area contributed by atoms with Crippen LogP contribution in [-0.4, -0.2) is 16.1 Å². The number of aryl methyl sites for hydroxylation is 1. The average molecular weight is 414 g/mol. The predicted molar refractivity (Wildman–Crippen MR) is 107 cm³/mol. The fourth-order valence-electron chi connectivity index (χ4n) is 2.64. The second kappa shape index (κ2) is 7.50. The van der Waals surface area contributed by atoms with Gasteiger partial charge in [0.25, 0.3) is 11.8 Å². The molecule has 0 saturated carbocycles. The number of aromatic nitrogens is 2. The lowest BCUT2D eigenvalue weighted by atomic mass is 10.1. The number of amides is 1. The molecule has 0 fully saturated rings. The van der Waals surface area contributed by atoms with Gasteiger partial charge >= 0.3 is 0 Å². The van der Waals surface area contributed by atoms with Gasteiger partial charge < -0.3 is 14.2 Å². The maximum atomic E-state index is 12.6. The Morgan fingerprint density at radius 1 is 1.04 bits per heavy atom. The Kier molecular flexibility index (Phi) is 4.90. The van der Waals surface area contributed by atoms with Crippen LogP contribution in [0.3, 0.4) is 0 Å². The Balaban J connectivity index is 1.62. The number of rotatable bonds is 4. The van der Waals surface area contributed by atoms with E-state index >= 15 is 0 Å². The Morgan fingerprint density at radius 2 is 1.86 bits per heavy atom. The summed E-state index contributed by atoms with van der Waals surface area (Å²) in [6.07, 6.45) is 1.51. The van der Waals surface area contributed by atoms with E-state index in [9.17, 15) is 4.79 Å². The number of furan rings is 1. The summed E-state index contributed by atoms with van der Waals surface area (Å²) in [5.41, 5.74) is 2.33. The third kappa shape index (κ3) is 3.65. The Labute approximate surface area is 170 Å². The van der Waals surface area contributed by atoms with Gasteiger partial charge in [0.1, 0.15) is 0 Å². The van der Waals surface area contributed by atoms with Crippen LogP contribution in [0.15, 0.2) is 63.6 Å². The van der Waals surface area contributed by atoms with Gasteiger partial charge in [-0.3, -0.25) is 4.79 Å². The van der Waals surface area contributed by atoms with E-state index in [0.717, 1.165) is 5.56 Å². The molecular formula is C20H13Cl2N3O3. The first-order valence-electron chi connectivity index (χ1n) is 8.26. The van der Waals surface area contributed by atoms with Crippen LogP contribution in [0.2, 0.25) is 10.0 Å². The van der Waals surface area contributed by atoms with Crippen LogP contribution < -0.4 is 5.32 Å². The van der Waals surface area contributed by atoms with Gasteiger partial charge in [0, 0.05) is 16.3 Å². The molecule has 0 radical (unpaired) electrons. The lowest BCUT2D eigenvalue weighted by Gasteiger charge is -2.09. The van der Waals surface area contributed by atoms with Crippen molar-refractivity contribution in [1.82, 2.24) is 10.2 Å². The molecule has 28 heavy (non-hydrogen) atoms. The molecule has 2 aromatic heterocycles. The van der Waals surface area contributed by atoms with Gasteiger partial charge in [0.15, 0.2) is 5.76 Å². The van der Waals surface area contributed by atoms with Crippen molar-refractivity contribution in [2.45, 2.75) is 6.92 Å². The van der Waals surface area contributed by atoms with E-state index in [2.05, 4.69) is 15.5 Å². The van der Waals surface area contributed by atoms with Crippen LogP contribution in [0.4, 0.5) is 5.69 Å². The molecule has 0 atom stereocenters. The van der Waals surface area contributed by atoms with Crippen LogP contribution in [0.5, 0.6) is 0 Å². The maximum Gasteiger partial charge on any atom is 0.283 e. The molecule has 0 aliphatic carbocycles. The van der Waals surface area contributed by atoms with Gasteiger partial charge in [0.05, 0.1) is 16.8 Å². The minimum Gasteiger partial charge on any atom is -0.459 e. The number of anilines is 1. The van der Waals surface area contributed by atoms with Crippen LogP contribution in [0.1, 0.15) is 15.9 Å². The second-order valence-electron chi connectivity index (χ2n) is 6.00. The quantitative estimate of drug-likeness (QED) is 0.452. The molecule has 0 unspecified atom stereocenters. The third-order valence-electron chi connectivity index (χ3n) is 4.06. The zero-order valence-electron chi connectivity index (χ0n) is 14.6. The summed E-state index contributed by atoms with van der Waals surface area (Å²) in [5.74, 6) is 0.623. The number of carbonyl (C=O) groups excluding carboxylic acids is 1. The van der Waals surface area contributed by atoms with E-state index in [1.54, 1.807) is 48.5 Å². The summed E-state index contributed by atoms with van der Waals surface area (Å²) >= 11 is 12.3. The first kappa shape index (κ1) is 18.3. The van der Waals surface area contributed by atoms with Gasteiger partial charge in [0.2, 0.25) is 5.89 Å². The van der Waals surface area contributed by atoms with E-state index in [4.69, 9.17) is 32.0 Å². The van der Waals surface area contributed by atoms with Crippen molar-refractivity contribution in [2.24, 2.45) is 0 Å². The molecule has 0 spiro atoms. The Bertz CT molecular complexity index is 1150. The van der Waals surface area contributed by atoms with Crippen molar-refractivity contribution >= 4 is 34.8 Å². The van der Waals surface area contributed by atoms with Crippen molar-refractivity contribution in [3.63, 3.8) is 0 Å². The van der Waals surface area contributed by atoms with Crippen molar-refractivity contribution in [2.75, 3.05) is 5.32 Å². The first-order valence-corrected chi connectivity index (χ1v) is 9.01. The lowest BCUT2D eigenvalue weighted by Crippen LogP contribution is -2.13. The molecule has 2 aromatic carbocycles. The Hall–Kier alpha value is -3.09. The Morgan fingerprint density at radius 3 is 2.64 bits per heavy atom. The first-order chi connectivity index (χ1) is 13.5. The number of nitrogens with zero attached hydrogens (tertiary/aromatic N) is 2. The molecule has 0 bridgehead atoms. The van der Waals surface area contributed by atoms with Crippen molar-refractivity contribution < 1.29 is 13.6 Å². The van der Waals surface area contributed by atoms with Gasteiger partial charge in [-0.25, -0.2) is 0 Å². The molecule has 2 heterocycles. The number of carbonyl (C=O) groups is 1. The van der Waals surface area contributed by atoms with Gasteiger partial charge in [-0.05, 0) is 55.0 Å². The summed E-state index contributed by atoms with van der Waals surface area (Å²) in [6, 6.07) is 13.6. The van der Waals surface area contributed by atoms with E-state index in [1.165, 1.54) is 6.26 Å². The van der Waals surface area contributed by atoms with Crippen LogP contribution in [0, 0.1) is 6.92 Å². The van der Waals surface area contributed by atoms with E-state index in [-0.39, 0.29) is 17.7 Å². The number of hydrogen-bond acceptors (Lipinski definition) is 5. The molecule has 8 heteroatoms. The minimum atomic E-state index is -0.282. The highest BCUT2D eigenvalue weighted by molar-refractivity contribution is 6.33. The lowest BCUT2D eigenvalue weighted by molar-refractivity contribution is 0.102. The summed E-state index contributed by atoms with van der Waals surface area (Å²) in [6.45, 7) is 1.84. The largest absolute Gasteiger partial charge is 0.459 e. The van der Waals surface area contributed by atoms with E-state index < -0.39 is 0 Å². The number of benzene rings is 2. The SMILES string of the molecule is Cc1ccc(Cl)cc1C(=O)Nc1ccc(Cl)c(-c2nnc(-c3ccco3)o2)c1. The fourth-order valence-corrected chi connectivity index (χ4v) is 3.01. The second-order valence-corrected chi connectivity index (χ2v) is 6.84. The van der Waals surface area contributed by atoms with E-state index in [0.29, 0.717) is 32.6 Å². The normalized spacial score (nSPS) is 10.8. The molecular weight excluding hydrogens is 401 g/mol. The molecule has 1 N–H and O–H groups in total. The maximum absolute atomic E-state index is 12.6. The summed E-state index contributed by atoms with van der Waals surface area (Å²) in [7, 11) is 0. The highest BCUT2D eigenvalue weighted by Crippen LogP contribution is 2.32. The van der Waals surface area contributed by atoms with Gasteiger partial charge in [-0.15, -0.1) is 10.2 Å². The zero-order valence-corrected chi connectivity index (χ0v) is 16.1. The summed E-state index contributed by atoms with van der Waals surface area (Å²) in [5, 5.41) is 11.7. The average Bonchev–Trinajstić information content (AvgIpc) is 3.36. The van der Waals surface area contributed by atoms with E-state index in [1.807, 2.05) is 6.92 Å². The molecule has 0 aliphatic rings. The van der Waals surface area contributed by atoms with Gasteiger partial charge in [-0.1, -0.05) is 29.3 Å². The van der Waals surface area contributed by atoms with Crippen LogP contribution in [-0.2, 0) is 0 Å². The topological polar surface area (TPSA) is 81.2 Å². The van der Waals surface area contributed by atoms with Crippen molar-refractivity contribution in [1.29, 1.82) is 0 Å². The highest BCUT2D eigenvalue weighted by Gasteiger charge is 2.17. The van der Waals surface area contributed by atoms with Crippen LogP contribution >= 0.6 is 23.2 Å². The molecule has 0 aliphatic heterocycles. The number of nitrogens with one attached hydrogen (secondary N) is 1. The smallest absolute Gasteiger partial charge is 0.283 e. The fraction of sp³-hybridized carbons (Fsp3) is 0.0500. The van der Waals surface area contributed by atoms with Crippen molar-refractivity contribution in [3.05, 3.63) is 76.0 Å². The molecule has 4 rings (SSSR count). The minimum absolute atomic E-state index is 0.214.